The van der Waals surface area contributed by atoms with E-state index in [1.54, 1.807) is 7.11 Å². The maximum absolute atomic E-state index is 11.8. The number of rotatable bonds is 6. The zero-order valence-corrected chi connectivity index (χ0v) is 18.3. The van der Waals surface area contributed by atoms with Crippen molar-refractivity contribution in [3.63, 3.8) is 0 Å². The van der Waals surface area contributed by atoms with E-state index in [1.807, 2.05) is 0 Å². The number of nitrogens with zero attached hydrogens (tertiary/aromatic N) is 3. The molecule has 3 saturated heterocycles. The molecule has 1 aromatic heterocycles. The molecule has 0 saturated carbocycles. The first-order chi connectivity index (χ1) is 15.1. The van der Waals surface area contributed by atoms with Crippen molar-refractivity contribution in [3.8, 4) is 11.3 Å². The maximum Gasteiger partial charge on any atom is 0.246 e. The molecule has 31 heavy (non-hydrogen) atoms. The lowest BCUT2D eigenvalue weighted by Gasteiger charge is -2.50. The second-order valence-corrected chi connectivity index (χ2v) is 8.92. The van der Waals surface area contributed by atoms with Crippen LogP contribution in [0.3, 0.4) is 0 Å². The van der Waals surface area contributed by atoms with E-state index in [0.29, 0.717) is 24.4 Å². The third-order valence-corrected chi connectivity index (χ3v) is 7.03. The van der Waals surface area contributed by atoms with Gasteiger partial charge in [0.05, 0.1) is 5.69 Å². The van der Waals surface area contributed by atoms with Crippen molar-refractivity contribution in [2.24, 2.45) is 13.0 Å². The van der Waals surface area contributed by atoms with Crippen LogP contribution >= 0.6 is 0 Å². The lowest BCUT2D eigenvalue weighted by molar-refractivity contribution is -0.125. The third-order valence-electron chi connectivity index (χ3n) is 7.03. The Morgan fingerprint density at radius 2 is 2.03 bits per heavy atom. The fourth-order valence-electron chi connectivity index (χ4n) is 5.42. The van der Waals surface area contributed by atoms with Gasteiger partial charge in [-0.25, -0.2) is 0 Å². The molecule has 3 aliphatic rings. The predicted molar refractivity (Wildman–Crippen MR) is 122 cm³/mol. The first-order valence-corrected chi connectivity index (χ1v) is 11.1. The highest BCUT2D eigenvalue weighted by Gasteiger charge is 2.41. The standard InChI is InChI=1S/C25H30N4O2/c1-28-24(13-23(27-28)20-8-7-17-5-3-4-6-18(17)11-20)22-15-29-10-9-19(22)12-21(29)14-26-25(30)16-31-2/h3-8,11,13,19,21-22H,9-10,12,14-16H2,1-2H3,(H,26,30)/t19-,21+,22+/m0/s1. The molecule has 6 heteroatoms. The van der Waals surface area contributed by atoms with Crippen molar-refractivity contribution in [1.29, 1.82) is 0 Å². The van der Waals surface area contributed by atoms with Crippen molar-refractivity contribution < 1.29 is 9.53 Å². The molecular weight excluding hydrogens is 388 g/mol. The summed E-state index contributed by atoms with van der Waals surface area (Å²) in [5.74, 6) is 1.09. The minimum Gasteiger partial charge on any atom is -0.375 e. The maximum atomic E-state index is 11.8. The number of aromatic nitrogens is 2. The van der Waals surface area contributed by atoms with Gasteiger partial charge in [-0.1, -0.05) is 36.4 Å². The zero-order valence-electron chi connectivity index (χ0n) is 18.3. The van der Waals surface area contributed by atoms with Gasteiger partial charge in [0.15, 0.2) is 0 Å². The van der Waals surface area contributed by atoms with Crippen molar-refractivity contribution in [2.75, 3.05) is 33.4 Å². The number of aryl methyl sites for hydroxylation is 1. The van der Waals surface area contributed by atoms with Crippen LogP contribution in [0.2, 0.25) is 0 Å². The second kappa shape index (κ2) is 8.44. The molecule has 3 fully saturated rings. The van der Waals surface area contributed by atoms with E-state index >= 15 is 0 Å². The van der Waals surface area contributed by atoms with Crippen LogP contribution in [0.15, 0.2) is 48.5 Å². The Hall–Kier alpha value is -2.70. The monoisotopic (exact) mass is 418 g/mol. The smallest absolute Gasteiger partial charge is 0.246 e. The summed E-state index contributed by atoms with van der Waals surface area (Å²) in [5, 5.41) is 10.4. The summed E-state index contributed by atoms with van der Waals surface area (Å²) >= 11 is 0. The number of hydrogen-bond donors (Lipinski definition) is 1. The van der Waals surface area contributed by atoms with E-state index < -0.39 is 0 Å². The van der Waals surface area contributed by atoms with Crippen LogP contribution in [-0.4, -0.2) is 60.0 Å². The van der Waals surface area contributed by atoms with Crippen LogP contribution in [0.25, 0.3) is 22.0 Å². The van der Waals surface area contributed by atoms with E-state index in [4.69, 9.17) is 9.84 Å². The summed E-state index contributed by atoms with van der Waals surface area (Å²) in [6.45, 7) is 2.98. The largest absolute Gasteiger partial charge is 0.375 e. The van der Waals surface area contributed by atoms with E-state index in [2.05, 4.69) is 70.5 Å². The van der Waals surface area contributed by atoms with E-state index in [-0.39, 0.29) is 12.5 Å². The number of ether oxygens (including phenoxy) is 1. The minimum atomic E-state index is -0.0339. The van der Waals surface area contributed by atoms with Gasteiger partial charge in [-0.2, -0.15) is 5.10 Å². The van der Waals surface area contributed by atoms with Crippen LogP contribution in [0.5, 0.6) is 0 Å². The summed E-state index contributed by atoms with van der Waals surface area (Å²) in [7, 11) is 3.62. The Morgan fingerprint density at radius 3 is 2.81 bits per heavy atom. The SMILES string of the molecule is COCC(=O)NC[C@H]1C[C@@H]2CCN1C[C@H]2c1cc(-c2ccc3ccccc3c2)nn1C. The fraction of sp³-hybridized carbons (Fsp3) is 0.440. The van der Waals surface area contributed by atoms with Gasteiger partial charge in [0.2, 0.25) is 5.91 Å². The number of piperidine rings is 3. The Bertz CT molecular complexity index is 1090. The van der Waals surface area contributed by atoms with E-state index in [0.717, 1.165) is 25.2 Å². The number of carbonyl (C=O) groups is 1. The van der Waals surface area contributed by atoms with Gasteiger partial charge >= 0.3 is 0 Å². The van der Waals surface area contributed by atoms with Crippen LogP contribution < -0.4 is 5.32 Å². The summed E-state index contributed by atoms with van der Waals surface area (Å²) < 4.78 is 7.00. The van der Waals surface area contributed by atoms with Gasteiger partial charge in [0.25, 0.3) is 0 Å². The van der Waals surface area contributed by atoms with Gasteiger partial charge in [-0.05, 0) is 48.2 Å². The summed E-state index contributed by atoms with van der Waals surface area (Å²) in [4.78, 5) is 14.3. The Kier molecular flexibility index (Phi) is 5.50. The Morgan fingerprint density at radius 1 is 1.19 bits per heavy atom. The average molecular weight is 419 g/mol. The first kappa shape index (κ1) is 20.2. The highest BCUT2D eigenvalue weighted by Crippen LogP contribution is 2.42. The van der Waals surface area contributed by atoms with Crippen LogP contribution in [0.4, 0.5) is 0 Å². The molecule has 0 radical (unpaired) electrons. The lowest BCUT2D eigenvalue weighted by Crippen LogP contribution is -2.56. The van der Waals surface area contributed by atoms with Crippen molar-refractivity contribution >= 4 is 16.7 Å². The van der Waals surface area contributed by atoms with Gasteiger partial charge in [-0.3, -0.25) is 14.4 Å². The van der Waals surface area contributed by atoms with Crippen LogP contribution in [0.1, 0.15) is 24.5 Å². The van der Waals surface area contributed by atoms with E-state index in [1.165, 1.54) is 28.5 Å². The average Bonchev–Trinajstić information content (AvgIpc) is 3.19. The number of nitrogens with one attached hydrogen (secondary N) is 1. The molecule has 1 unspecified atom stereocenters. The Balaban J connectivity index is 1.32. The quantitative estimate of drug-likeness (QED) is 0.668. The molecular formula is C25H30N4O2. The highest BCUT2D eigenvalue weighted by molar-refractivity contribution is 5.86. The van der Waals surface area contributed by atoms with Gasteiger partial charge < -0.3 is 10.1 Å². The molecule has 2 aromatic carbocycles. The van der Waals surface area contributed by atoms with Crippen LogP contribution in [-0.2, 0) is 16.6 Å². The van der Waals surface area contributed by atoms with E-state index in [9.17, 15) is 4.79 Å². The molecule has 1 N–H and O–H groups in total. The molecule has 6 rings (SSSR count). The fourth-order valence-corrected chi connectivity index (χ4v) is 5.42. The highest BCUT2D eigenvalue weighted by atomic mass is 16.5. The first-order valence-electron chi connectivity index (χ1n) is 11.1. The second-order valence-electron chi connectivity index (χ2n) is 8.92. The molecule has 4 atom stereocenters. The number of fused-ring (bicyclic) bond motifs is 4. The lowest BCUT2D eigenvalue weighted by atomic mass is 9.74. The normalized spacial score (nSPS) is 25.1. The molecule has 3 aromatic rings. The summed E-state index contributed by atoms with van der Waals surface area (Å²) in [5.41, 5.74) is 3.53. The zero-order chi connectivity index (χ0) is 21.4. The molecule has 3 aliphatic heterocycles. The summed E-state index contributed by atoms with van der Waals surface area (Å²) in [6, 6.07) is 17.7. The Labute approximate surface area is 183 Å². The molecule has 0 aliphatic carbocycles. The van der Waals surface area contributed by atoms with Crippen molar-refractivity contribution in [1.82, 2.24) is 20.0 Å². The van der Waals surface area contributed by atoms with Gasteiger partial charge in [0.1, 0.15) is 6.61 Å². The third kappa shape index (κ3) is 3.98. The molecule has 4 heterocycles. The van der Waals surface area contributed by atoms with Crippen molar-refractivity contribution in [3.05, 3.63) is 54.2 Å². The number of hydrogen-bond acceptors (Lipinski definition) is 4. The molecule has 1 amide bonds. The number of methoxy groups -OCH3 is 1. The molecule has 2 bridgehead atoms. The van der Waals surface area contributed by atoms with Crippen LogP contribution in [0, 0.1) is 5.92 Å². The topological polar surface area (TPSA) is 59.4 Å². The number of carbonyl (C=O) groups excluding carboxylic acids is 1. The molecule has 162 valence electrons. The van der Waals surface area contributed by atoms with Gasteiger partial charge in [-0.15, -0.1) is 0 Å². The minimum absolute atomic E-state index is 0.0339. The molecule has 6 nitrogen and oxygen atoms in total. The summed E-state index contributed by atoms with van der Waals surface area (Å²) in [6.07, 6.45) is 2.33. The number of amides is 1. The number of benzene rings is 2. The van der Waals surface area contributed by atoms with Gasteiger partial charge in [0, 0.05) is 50.5 Å². The molecule has 0 spiro atoms. The van der Waals surface area contributed by atoms with Crippen molar-refractivity contribution in [2.45, 2.75) is 24.8 Å². The predicted octanol–water partition coefficient (Wildman–Crippen LogP) is 3.18.